The van der Waals surface area contributed by atoms with Gasteiger partial charge in [0.05, 0.1) is 12.8 Å². The lowest BCUT2D eigenvalue weighted by molar-refractivity contribution is 0.517. The van der Waals surface area contributed by atoms with Crippen LogP contribution in [0, 0.1) is 6.92 Å². The van der Waals surface area contributed by atoms with Crippen molar-refractivity contribution in [2.24, 2.45) is 0 Å². The standard InChI is InChI=1S/C18H18N4O/c1-13-20-17(19-12-15-6-4-10-23-15)11-18(21-13)22-9-8-14-5-2-3-7-16(14)22/h2-7,10-11H,8-9,12H2,1H3,(H,19,20,21). The Morgan fingerprint density at radius 3 is 2.96 bits per heavy atom. The highest BCUT2D eigenvalue weighted by Crippen LogP contribution is 2.33. The van der Waals surface area contributed by atoms with E-state index in [0.717, 1.165) is 36.2 Å². The van der Waals surface area contributed by atoms with E-state index in [1.807, 2.05) is 25.1 Å². The van der Waals surface area contributed by atoms with E-state index >= 15 is 0 Å². The number of furan rings is 1. The van der Waals surface area contributed by atoms with E-state index in [4.69, 9.17) is 4.42 Å². The van der Waals surface area contributed by atoms with Crippen LogP contribution >= 0.6 is 0 Å². The molecule has 0 bridgehead atoms. The summed E-state index contributed by atoms with van der Waals surface area (Å²) >= 11 is 0. The van der Waals surface area contributed by atoms with E-state index in [1.54, 1.807) is 6.26 Å². The van der Waals surface area contributed by atoms with Gasteiger partial charge in [0.25, 0.3) is 0 Å². The molecule has 3 heterocycles. The summed E-state index contributed by atoms with van der Waals surface area (Å²) in [5, 5.41) is 3.30. The molecule has 0 spiro atoms. The molecule has 0 saturated carbocycles. The lowest BCUT2D eigenvalue weighted by Crippen LogP contribution is -2.16. The third-order valence-electron chi connectivity index (χ3n) is 4.01. The van der Waals surface area contributed by atoms with Crippen LogP contribution in [-0.2, 0) is 13.0 Å². The van der Waals surface area contributed by atoms with E-state index < -0.39 is 0 Å². The Kier molecular flexibility index (Phi) is 3.46. The van der Waals surface area contributed by atoms with Gasteiger partial charge in [0.2, 0.25) is 0 Å². The summed E-state index contributed by atoms with van der Waals surface area (Å²) in [6.07, 6.45) is 2.73. The highest BCUT2D eigenvalue weighted by Gasteiger charge is 2.21. The molecule has 1 aliphatic heterocycles. The Balaban J connectivity index is 1.60. The molecule has 3 aromatic rings. The molecule has 116 valence electrons. The molecule has 0 radical (unpaired) electrons. The molecule has 0 saturated heterocycles. The minimum absolute atomic E-state index is 0.611. The predicted octanol–water partition coefficient (Wildman–Crippen LogP) is 3.68. The molecule has 0 fully saturated rings. The smallest absolute Gasteiger partial charge is 0.138 e. The molecule has 1 aliphatic rings. The van der Waals surface area contributed by atoms with Gasteiger partial charge in [-0.05, 0) is 37.1 Å². The SMILES string of the molecule is Cc1nc(NCc2ccco2)cc(N2CCc3ccccc32)n1. The number of aromatic nitrogens is 2. The second-order valence-corrected chi connectivity index (χ2v) is 5.62. The lowest BCUT2D eigenvalue weighted by Gasteiger charge is -2.19. The number of anilines is 3. The summed E-state index contributed by atoms with van der Waals surface area (Å²) in [6, 6.07) is 14.3. The van der Waals surface area contributed by atoms with Gasteiger partial charge in [-0.3, -0.25) is 0 Å². The molecular weight excluding hydrogens is 288 g/mol. The number of benzene rings is 1. The van der Waals surface area contributed by atoms with Crippen molar-refractivity contribution >= 4 is 17.3 Å². The van der Waals surface area contributed by atoms with Crippen molar-refractivity contribution in [2.45, 2.75) is 19.9 Å². The number of rotatable bonds is 4. The van der Waals surface area contributed by atoms with E-state index in [1.165, 1.54) is 11.3 Å². The summed E-state index contributed by atoms with van der Waals surface area (Å²) in [6.45, 7) is 3.48. The molecular formula is C18H18N4O. The first-order valence-electron chi connectivity index (χ1n) is 7.77. The average Bonchev–Trinajstić information content (AvgIpc) is 3.22. The van der Waals surface area contributed by atoms with Crippen LogP contribution in [0.25, 0.3) is 0 Å². The molecule has 0 aliphatic carbocycles. The number of nitrogens with zero attached hydrogens (tertiary/aromatic N) is 3. The normalized spacial score (nSPS) is 13.2. The molecule has 0 unspecified atom stereocenters. The van der Waals surface area contributed by atoms with Gasteiger partial charge in [-0.15, -0.1) is 0 Å². The topological polar surface area (TPSA) is 54.2 Å². The van der Waals surface area contributed by atoms with Gasteiger partial charge in [-0.2, -0.15) is 0 Å². The number of fused-ring (bicyclic) bond motifs is 1. The molecule has 0 amide bonds. The van der Waals surface area contributed by atoms with E-state index in [2.05, 4.69) is 44.5 Å². The maximum atomic E-state index is 5.35. The van der Waals surface area contributed by atoms with Gasteiger partial charge in [0.1, 0.15) is 23.2 Å². The Hall–Kier alpha value is -2.82. The number of nitrogens with one attached hydrogen (secondary N) is 1. The van der Waals surface area contributed by atoms with E-state index in [0.29, 0.717) is 6.54 Å². The van der Waals surface area contributed by atoms with Gasteiger partial charge in [0.15, 0.2) is 0 Å². The van der Waals surface area contributed by atoms with Crippen LogP contribution < -0.4 is 10.2 Å². The maximum absolute atomic E-state index is 5.35. The minimum atomic E-state index is 0.611. The van der Waals surface area contributed by atoms with Crippen molar-refractivity contribution in [1.82, 2.24) is 9.97 Å². The first-order chi connectivity index (χ1) is 11.3. The summed E-state index contributed by atoms with van der Waals surface area (Å²) in [5.41, 5.74) is 2.61. The zero-order valence-corrected chi connectivity index (χ0v) is 13.0. The van der Waals surface area contributed by atoms with Gasteiger partial charge in [-0.25, -0.2) is 9.97 Å². The number of hydrogen-bond donors (Lipinski definition) is 1. The van der Waals surface area contributed by atoms with Gasteiger partial charge in [-0.1, -0.05) is 18.2 Å². The minimum Gasteiger partial charge on any atom is -0.467 e. The molecule has 5 heteroatoms. The molecule has 5 nitrogen and oxygen atoms in total. The van der Waals surface area contributed by atoms with Crippen molar-refractivity contribution in [3.05, 3.63) is 65.9 Å². The summed E-state index contributed by atoms with van der Waals surface area (Å²) in [5.74, 6) is 3.39. The molecule has 1 aromatic carbocycles. The fourth-order valence-electron chi connectivity index (χ4n) is 2.95. The molecule has 0 atom stereocenters. The third-order valence-corrected chi connectivity index (χ3v) is 4.01. The molecule has 2 aromatic heterocycles. The number of para-hydroxylation sites is 1. The Morgan fingerprint density at radius 1 is 1.17 bits per heavy atom. The van der Waals surface area contributed by atoms with Gasteiger partial charge >= 0.3 is 0 Å². The fraction of sp³-hybridized carbons (Fsp3) is 0.222. The van der Waals surface area contributed by atoms with Crippen LogP contribution in [-0.4, -0.2) is 16.5 Å². The zero-order valence-electron chi connectivity index (χ0n) is 13.0. The second-order valence-electron chi connectivity index (χ2n) is 5.62. The van der Waals surface area contributed by atoms with Crippen LogP contribution in [0.15, 0.2) is 53.1 Å². The Bertz CT molecular complexity index is 814. The van der Waals surface area contributed by atoms with Crippen LogP contribution in [0.5, 0.6) is 0 Å². The summed E-state index contributed by atoms with van der Waals surface area (Å²) < 4.78 is 5.35. The van der Waals surface area contributed by atoms with Crippen LogP contribution in [0.4, 0.5) is 17.3 Å². The monoisotopic (exact) mass is 306 g/mol. The quantitative estimate of drug-likeness (QED) is 0.797. The van der Waals surface area contributed by atoms with Crippen LogP contribution in [0.3, 0.4) is 0 Å². The highest BCUT2D eigenvalue weighted by atomic mass is 16.3. The van der Waals surface area contributed by atoms with Crippen molar-refractivity contribution < 1.29 is 4.42 Å². The van der Waals surface area contributed by atoms with Crippen molar-refractivity contribution in [1.29, 1.82) is 0 Å². The van der Waals surface area contributed by atoms with Crippen molar-refractivity contribution in [2.75, 3.05) is 16.8 Å². The Labute approximate surface area is 135 Å². The average molecular weight is 306 g/mol. The zero-order chi connectivity index (χ0) is 15.6. The van der Waals surface area contributed by atoms with E-state index in [9.17, 15) is 0 Å². The van der Waals surface area contributed by atoms with Crippen molar-refractivity contribution in [3.8, 4) is 0 Å². The Morgan fingerprint density at radius 2 is 2.09 bits per heavy atom. The summed E-state index contributed by atoms with van der Waals surface area (Å²) in [7, 11) is 0. The fourth-order valence-corrected chi connectivity index (χ4v) is 2.95. The number of hydrogen-bond acceptors (Lipinski definition) is 5. The van der Waals surface area contributed by atoms with Gasteiger partial charge in [0, 0.05) is 18.3 Å². The lowest BCUT2D eigenvalue weighted by atomic mass is 10.2. The van der Waals surface area contributed by atoms with Crippen LogP contribution in [0.1, 0.15) is 17.1 Å². The summed E-state index contributed by atoms with van der Waals surface area (Å²) in [4.78, 5) is 11.3. The van der Waals surface area contributed by atoms with Crippen LogP contribution in [0.2, 0.25) is 0 Å². The van der Waals surface area contributed by atoms with E-state index in [-0.39, 0.29) is 0 Å². The second kappa shape index (κ2) is 5.76. The number of aryl methyl sites for hydroxylation is 1. The first-order valence-corrected chi connectivity index (χ1v) is 7.77. The predicted molar refractivity (Wildman–Crippen MR) is 90.0 cm³/mol. The highest BCUT2D eigenvalue weighted by molar-refractivity contribution is 5.68. The van der Waals surface area contributed by atoms with Gasteiger partial charge < -0.3 is 14.6 Å². The first kappa shape index (κ1) is 13.8. The third kappa shape index (κ3) is 2.77. The molecule has 23 heavy (non-hydrogen) atoms. The largest absolute Gasteiger partial charge is 0.467 e. The van der Waals surface area contributed by atoms with Crippen molar-refractivity contribution in [3.63, 3.8) is 0 Å². The maximum Gasteiger partial charge on any atom is 0.138 e. The molecule has 4 rings (SSSR count). The molecule has 1 N–H and O–H groups in total.